The average molecular weight is 566 g/mol. The summed E-state index contributed by atoms with van der Waals surface area (Å²) in [6.45, 7) is 14.5. The number of rotatable bonds is 9. The van der Waals surface area contributed by atoms with Crippen LogP contribution in [0.3, 0.4) is 0 Å². The standard InChI is InChI=1S/C14H22N2O3.C10H8N2O2.C2H6.C2H4.V.H2/c1-2-4-12(18-9-10-7-17-8-10)14-16-15-13(19-14)11-5-3-6-11;11-10(13)9-6-8(12-14-9)7-4-2-1-3-5-7;2*1-2;;/h10-12H,2-9H2,1H3;1-6H,(H2,11,13);1-2H3;1-2H2;;1H. The summed E-state index contributed by atoms with van der Waals surface area (Å²) in [7, 11) is 0. The maximum atomic E-state index is 10.7. The van der Waals surface area contributed by atoms with E-state index < -0.39 is 5.91 Å². The molecule has 3 heterocycles. The Morgan fingerprint density at radius 1 is 1.18 bits per heavy atom. The van der Waals surface area contributed by atoms with Gasteiger partial charge in [-0.3, -0.25) is 4.79 Å². The third kappa shape index (κ3) is 9.87. The zero-order valence-electron chi connectivity index (χ0n) is 22.7. The molecule has 0 spiro atoms. The predicted octanol–water partition coefficient (Wildman–Crippen LogP) is 6.35. The maximum Gasteiger partial charge on any atom is 0.287 e. The molecule has 5 rings (SSSR count). The van der Waals surface area contributed by atoms with Crippen LogP contribution in [0.5, 0.6) is 0 Å². The van der Waals surface area contributed by atoms with Gasteiger partial charge in [0.05, 0.1) is 19.8 Å². The quantitative estimate of drug-likeness (QED) is 0.297. The van der Waals surface area contributed by atoms with Crippen LogP contribution in [0.1, 0.15) is 88.7 Å². The molecular weight excluding hydrogens is 523 g/mol. The first-order valence-electron chi connectivity index (χ1n) is 13.0. The predicted molar refractivity (Wildman–Crippen MR) is 144 cm³/mol. The van der Waals surface area contributed by atoms with Crippen LogP contribution in [0.25, 0.3) is 11.3 Å². The number of hydrogen-bond donors (Lipinski definition) is 1. The maximum absolute atomic E-state index is 10.7. The van der Waals surface area contributed by atoms with Gasteiger partial charge in [-0.1, -0.05) is 69.1 Å². The van der Waals surface area contributed by atoms with Gasteiger partial charge >= 0.3 is 0 Å². The molecule has 1 unspecified atom stereocenters. The summed E-state index contributed by atoms with van der Waals surface area (Å²) in [6.07, 6.45) is 5.57. The van der Waals surface area contributed by atoms with E-state index in [1.807, 2.05) is 44.2 Å². The van der Waals surface area contributed by atoms with Crippen LogP contribution in [0.4, 0.5) is 0 Å². The Hall–Kier alpha value is -2.72. The molecule has 1 aliphatic heterocycles. The molecule has 1 saturated carbocycles. The largest absolute Gasteiger partial charge is 0.422 e. The fourth-order valence-electron chi connectivity index (χ4n) is 3.51. The number of amides is 1. The minimum Gasteiger partial charge on any atom is -0.422 e. The molecule has 3 aromatic rings. The van der Waals surface area contributed by atoms with E-state index in [1.54, 1.807) is 0 Å². The van der Waals surface area contributed by atoms with Crippen LogP contribution in [0.2, 0.25) is 0 Å². The van der Waals surface area contributed by atoms with Gasteiger partial charge in [0, 0.05) is 43.4 Å². The molecule has 38 heavy (non-hydrogen) atoms. The number of hydrogen-bond acceptors (Lipinski definition) is 8. The molecule has 209 valence electrons. The van der Waals surface area contributed by atoms with Gasteiger partial charge in [-0.25, -0.2) is 0 Å². The minimum atomic E-state index is -0.611. The van der Waals surface area contributed by atoms with E-state index >= 15 is 0 Å². The molecule has 2 aromatic heterocycles. The van der Waals surface area contributed by atoms with E-state index in [2.05, 4.69) is 35.4 Å². The fourth-order valence-corrected chi connectivity index (χ4v) is 3.51. The zero-order valence-corrected chi connectivity index (χ0v) is 24.1. The second kappa shape index (κ2) is 18.5. The minimum absolute atomic E-state index is 0. The van der Waals surface area contributed by atoms with Gasteiger partial charge in [0.15, 0.2) is 0 Å². The number of nitrogens with two attached hydrogens (primary N) is 1. The fraction of sp³-hybridized carbons (Fsp3) is 0.500. The molecular formula is C28H42N4O5V. The molecule has 2 aliphatic rings. The van der Waals surface area contributed by atoms with Gasteiger partial charge < -0.3 is 24.1 Å². The Bertz CT molecular complexity index is 1040. The van der Waals surface area contributed by atoms with Crippen molar-refractivity contribution >= 4 is 5.91 Å². The molecule has 10 heteroatoms. The Balaban J connectivity index is 0.000000648. The molecule has 9 nitrogen and oxygen atoms in total. The molecule has 2 N–H and O–H groups in total. The Morgan fingerprint density at radius 3 is 2.37 bits per heavy atom. The van der Waals surface area contributed by atoms with E-state index in [1.165, 1.54) is 25.3 Å². The number of carbonyl (C=O) groups is 1. The number of nitrogens with zero attached hydrogens (tertiary/aromatic N) is 3. The van der Waals surface area contributed by atoms with Crippen molar-refractivity contribution in [1.29, 1.82) is 0 Å². The summed E-state index contributed by atoms with van der Waals surface area (Å²) in [5.74, 6) is 1.95. The number of benzene rings is 1. The van der Waals surface area contributed by atoms with Gasteiger partial charge in [0.2, 0.25) is 17.5 Å². The van der Waals surface area contributed by atoms with Crippen LogP contribution in [-0.2, 0) is 28.0 Å². The summed E-state index contributed by atoms with van der Waals surface area (Å²) >= 11 is 0. The second-order valence-electron chi connectivity index (χ2n) is 8.43. The third-order valence-corrected chi connectivity index (χ3v) is 5.80. The van der Waals surface area contributed by atoms with Crippen molar-refractivity contribution < 1.29 is 43.2 Å². The first kappa shape index (κ1) is 33.3. The first-order valence-corrected chi connectivity index (χ1v) is 13.0. The topological polar surface area (TPSA) is 126 Å². The monoisotopic (exact) mass is 565 g/mol. The van der Waals surface area contributed by atoms with Crippen molar-refractivity contribution in [3.63, 3.8) is 0 Å². The molecule has 2 fully saturated rings. The Labute approximate surface area is 238 Å². The second-order valence-corrected chi connectivity index (χ2v) is 8.43. The number of carbonyl (C=O) groups excluding carboxylic acids is 1. The van der Waals surface area contributed by atoms with Crippen molar-refractivity contribution in [2.75, 3.05) is 19.8 Å². The molecule has 1 aromatic carbocycles. The van der Waals surface area contributed by atoms with Crippen LogP contribution < -0.4 is 5.73 Å². The Kier molecular flexibility index (Phi) is 16.2. The molecule has 1 atom stereocenters. The van der Waals surface area contributed by atoms with Gasteiger partial charge in [0.25, 0.3) is 5.91 Å². The normalized spacial score (nSPS) is 14.9. The molecule has 1 radical (unpaired) electrons. The van der Waals surface area contributed by atoms with E-state index in [9.17, 15) is 4.79 Å². The average Bonchev–Trinajstić information content (AvgIpc) is 3.56. The van der Waals surface area contributed by atoms with E-state index in [-0.39, 0.29) is 31.8 Å². The van der Waals surface area contributed by atoms with E-state index in [0.717, 1.165) is 44.1 Å². The van der Waals surface area contributed by atoms with Crippen molar-refractivity contribution in [3.8, 4) is 11.3 Å². The van der Waals surface area contributed by atoms with Crippen molar-refractivity contribution in [3.05, 3.63) is 67.1 Å². The van der Waals surface area contributed by atoms with Gasteiger partial charge in [-0.15, -0.1) is 23.4 Å². The third-order valence-electron chi connectivity index (χ3n) is 5.80. The SMILES string of the molecule is C=C.CC.CCCC(OCC1COC1)c1nnc(C2CCC2)o1.NC(=O)c1cc(-c2ccccc2)no1.[HH].[V]. The smallest absolute Gasteiger partial charge is 0.287 e. The summed E-state index contributed by atoms with van der Waals surface area (Å²) in [5.41, 5.74) is 6.54. The van der Waals surface area contributed by atoms with E-state index in [4.69, 9.17) is 24.1 Å². The summed E-state index contributed by atoms with van der Waals surface area (Å²) in [5, 5.41) is 12.1. The zero-order chi connectivity index (χ0) is 27.0. The molecule has 1 saturated heterocycles. The molecule has 0 bridgehead atoms. The molecule has 1 aliphatic carbocycles. The van der Waals surface area contributed by atoms with Crippen LogP contribution in [0.15, 0.2) is 58.5 Å². The Morgan fingerprint density at radius 2 is 1.87 bits per heavy atom. The van der Waals surface area contributed by atoms with Crippen molar-refractivity contribution in [1.82, 2.24) is 15.4 Å². The van der Waals surface area contributed by atoms with Gasteiger partial charge in [-0.05, 0) is 19.3 Å². The first-order chi connectivity index (χ1) is 18.1. The number of ether oxygens (including phenoxy) is 2. The van der Waals surface area contributed by atoms with Crippen LogP contribution in [-0.4, -0.2) is 41.1 Å². The van der Waals surface area contributed by atoms with Crippen molar-refractivity contribution in [2.45, 2.75) is 64.9 Å². The van der Waals surface area contributed by atoms with Gasteiger partial charge in [0.1, 0.15) is 11.8 Å². The van der Waals surface area contributed by atoms with E-state index in [0.29, 0.717) is 23.4 Å². The molecule has 1 amide bonds. The van der Waals surface area contributed by atoms with Crippen LogP contribution >= 0.6 is 0 Å². The van der Waals surface area contributed by atoms with Gasteiger partial charge in [-0.2, -0.15) is 0 Å². The summed E-state index contributed by atoms with van der Waals surface area (Å²) in [6, 6.07) is 10.9. The van der Waals surface area contributed by atoms with Crippen molar-refractivity contribution in [2.24, 2.45) is 11.7 Å². The summed E-state index contributed by atoms with van der Waals surface area (Å²) < 4.78 is 21.7. The summed E-state index contributed by atoms with van der Waals surface area (Å²) in [4.78, 5) is 10.7. The number of aromatic nitrogens is 3. The van der Waals surface area contributed by atoms with Crippen LogP contribution in [0, 0.1) is 5.92 Å². The number of primary amides is 1.